The number of aliphatic imine (C=N–C) groups is 1. The molecule has 7 nitrogen and oxygen atoms in total. The second-order valence-corrected chi connectivity index (χ2v) is 9.90. The molecule has 0 amide bonds. The van der Waals surface area contributed by atoms with Gasteiger partial charge in [0.2, 0.25) is 0 Å². The van der Waals surface area contributed by atoms with E-state index in [1.807, 2.05) is 12.1 Å². The molecule has 2 N–H and O–H groups in total. The third-order valence-electron chi connectivity index (χ3n) is 4.48. The molecule has 1 aromatic rings. The molecule has 1 aliphatic heterocycles. The van der Waals surface area contributed by atoms with Crippen molar-refractivity contribution in [3.63, 3.8) is 0 Å². The number of sulfone groups is 1. The van der Waals surface area contributed by atoms with Gasteiger partial charge in [0.1, 0.15) is 5.82 Å². The van der Waals surface area contributed by atoms with Crippen LogP contribution in [0.5, 0.6) is 0 Å². The molecule has 0 bridgehead atoms. The number of aromatic nitrogens is 1. The van der Waals surface area contributed by atoms with Gasteiger partial charge in [-0.2, -0.15) is 0 Å². The van der Waals surface area contributed by atoms with Crippen molar-refractivity contribution < 1.29 is 8.42 Å². The molecule has 10 heteroatoms. The van der Waals surface area contributed by atoms with Crippen molar-refractivity contribution in [1.82, 2.24) is 15.6 Å². The average molecular weight is 516 g/mol. The van der Waals surface area contributed by atoms with Crippen molar-refractivity contribution in [1.29, 1.82) is 0 Å². The number of guanidine groups is 1. The lowest BCUT2D eigenvalue weighted by Gasteiger charge is -2.25. The normalized spacial score (nSPS) is 18.4. The van der Waals surface area contributed by atoms with Gasteiger partial charge < -0.3 is 15.5 Å². The van der Waals surface area contributed by atoms with Crippen molar-refractivity contribution in [2.24, 2.45) is 4.99 Å². The molecule has 0 aromatic carbocycles. The fraction of sp³-hybridized carbons (Fsp3) is 0.625. The Kier molecular flexibility index (Phi) is 8.40. The number of anilines is 1. The zero-order valence-corrected chi connectivity index (χ0v) is 19.4. The van der Waals surface area contributed by atoms with Gasteiger partial charge in [-0.15, -0.1) is 24.0 Å². The van der Waals surface area contributed by atoms with Gasteiger partial charge in [-0.3, -0.25) is 4.99 Å². The zero-order chi connectivity index (χ0) is 18.7. The summed E-state index contributed by atoms with van der Waals surface area (Å²) in [4.78, 5) is 10.7. The van der Waals surface area contributed by atoms with Crippen molar-refractivity contribution in [3.05, 3.63) is 23.4 Å². The van der Waals surface area contributed by atoms with Crippen LogP contribution in [0.2, 0.25) is 5.02 Å². The van der Waals surface area contributed by atoms with E-state index in [9.17, 15) is 8.42 Å². The summed E-state index contributed by atoms with van der Waals surface area (Å²) in [6, 6.07) is 3.83. The van der Waals surface area contributed by atoms with E-state index in [4.69, 9.17) is 11.6 Å². The molecule has 0 saturated carbocycles. The van der Waals surface area contributed by atoms with E-state index in [0.29, 0.717) is 11.0 Å². The van der Waals surface area contributed by atoms with Crippen molar-refractivity contribution in [2.75, 3.05) is 37.8 Å². The minimum absolute atomic E-state index is 0. The van der Waals surface area contributed by atoms with E-state index in [-0.39, 0.29) is 36.6 Å². The van der Waals surface area contributed by atoms with Crippen LogP contribution in [0, 0.1) is 0 Å². The summed E-state index contributed by atoms with van der Waals surface area (Å²) in [6.45, 7) is 5.28. The molecule has 0 radical (unpaired) electrons. The van der Waals surface area contributed by atoms with Crippen molar-refractivity contribution >= 4 is 57.2 Å². The first kappa shape index (κ1) is 23.2. The average Bonchev–Trinajstić information content (AvgIpc) is 2.99. The van der Waals surface area contributed by atoms with Crippen LogP contribution in [0.3, 0.4) is 0 Å². The summed E-state index contributed by atoms with van der Waals surface area (Å²) in [7, 11) is -1.49. The minimum atomic E-state index is -3.16. The number of nitrogens with zero attached hydrogens (tertiary/aromatic N) is 3. The Hall–Kier alpha value is -0.810. The quantitative estimate of drug-likeness (QED) is 0.354. The highest BCUT2D eigenvalue weighted by Gasteiger charge is 2.31. The highest BCUT2D eigenvalue weighted by atomic mass is 127. The van der Waals surface area contributed by atoms with Crippen LogP contribution in [-0.4, -0.2) is 63.1 Å². The van der Waals surface area contributed by atoms with E-state index in [1.165, 1.54) is 6.26 Å². The largest absolute Gasteiger partial charge is 0.355 e. The van der Waals surface area contributed by atoms with Crippen LogP contribution in [0.1, 0.15) is 20.3 Å². The van der Waals surface area contributed by atoms with Crippen molar-refractivity contribution in [2.45, 2.75) is 31.1 Å². The van der Waals surface area contributed by atoms with Gasteiger partial charge in [0.25, 0.3) is 0 Å². The molecule has 1 aliphatic rings. The second kappa shape index (κ2) is 9.41. The smallest absolute Gasteiger partial charge is 0.191 e. The van der Waals surface area contributed by atoms with E-state index in [2.05, 4.69) is 25.5 Å². The van der Waals surface area contributed by atoms with E-state index in [1.54, 1.807) is 27.1 Å². The molecule has 1 aromatic heterocycles. The maximum atomic E-state index is 11.8. The Morgan fingerprint density at radius 1 is 1.50 bits per heavy atom. The van der Waals surface area contributed by atoms with Crippen LogP contribution < -0.4 is 15.5 Å². The summed E-state index contributed by atoms with van der Waals surface area (Å²) in [6.07, 6.45) is 3.90. The molecule has 2 rings (SSSR count). The number of halogens is 2. The van der Waals surface area contributed by atoms with Crippen LogP contribution in [0.15, 0.2) is 23.3 Å². The first-order chi connectivity index (χ1) is 11.6. The molecule has 1 fully saturated rings. The maximum absolute atomic E-state index is 11.8. The fourth-order valence-electron chi connectivity index (χ4n) is 2.50. The lowest BCUT2D eigenvalue weighted by molar-refractivity contribution is 0.542. The summed E-state index contributed by atoms with van der Waals surface area (Å²) in [5, 5.41) is 7.09. The maximum Gasteiger partial charge on any atom is 0.191 e. The summed E-state index contributed by atoms with van der Waals surface area (Å²) in [5.74, 6) is 1.38. The first-order valence-electron chi connectivity index (χ1n) is 8.16. The Labute approximate surface area is 177 Å². The topological polar surface area (TPSA) is 86.7 Å². The van der Waals surface area contributed by atoms with E-state index < -0.39 is 14.6 Å². The standard InChI is InChI=1S/C16H26ClN5O2S.HI/c1-16(2,25(4,23)24)11-20-15(18-3)21-12-7-9-22(10-12)14-13(17)6-5-8-19-14;/h5-6,8,12H,7,9-11H2,1-4H3,(H2,18,20,21);1H. The number of hydrogen-bond donors (Lipinski definition) is 2. The molecular formula is C16H27ClIN5O2S. The predicted molar refractivity (Wildman–Crippen MR) is 119 cm³/mol. The van der Waals surface area contributed by atoms with Gasteiger partial charge in [0.05, 0.1) is 9.77 Å². The lowest BCUT2D eigenvalue weighted by atomic mass is 10.2. The first-order valence-corrected chi connectivity index (χ1v) is 10.4. The molecule has 1 saturated heterocycles. The summed E-state index contributed by atoms with van der Waals surface area (Å²) >= 11 is 6.21. The zero-order valence-electron chi connectivity index (χ0n) is 15.5. The Balaban J connectivity index is 0.00000338. The second-order valence-electron chi connectivity index (χ2n) is 6.84. The van der Waals surface area contributed by atoms with Gasteiger partial charge >= 0.3 is 0 Å². The van der Waals surface area contributed by atoms with Crippen LogP contribution in [0.4, 0.5) is 5.82 Å². The summed E-state index contributed by atoms with van der Waals surface area (Å²) in [5.41, 5.74) is 0. The van der Waals surface area contributed by atoms with Crippen molar-refractivity contribution in [3.8, 4) is 0 Å². The molecule has 1 unspecified atom stereocenters. The number of pyridine rings is 1. The van der Waals surface area contributed by atoms with Gasteiger partial charge in [-0.05, 0) is 32.4 Å². The van der Waals surface area contributed by atoms with Crippen LogP contribution in [-0.2, 0) is 9.84 Å². The van der Waals surface area contributed by atoms with Gasteiger partial charge in [-0.25, -0.2) is 13.4 Å². The molecule has 0 spiro atoms. The Morgan fingerprint density at radius 3 is 2.77 bits per heavy atom. The minimum Gasteiger partial charge on any atom is -0.355 e. The molecular weight excluding hydrogens is 489 g/mol. The summed E-state index contributed by atoms with van der Waals surface area (Å²) < 4.78 is 22.7. The van der Waals surface area contributed by atoms with Gasteiger partial charge in [-0.1, -0.05) is 11.6 Å². The number of rotatable bonds is 5. The lowest BCUT2D eigenvalue weighted by Crippen LogP contribution is -2.50. The third-order valence-corrected chi connectivity index (χ3v) is 6.92. The number of hydrogen-bond acceptors (Lipinski definition) is 5. The molecule has 148 valence electrons. The SMILES string of the molecule is CN=C(NCC(C)(C)S(C)(=O)=O)NC1CCN(c2ncccc2Cl)C1.I. The Morgan fingerprint density at radius 2 is 2.19 bits per heavy atom. The molecule has 26 heavy (non-hydrogen) atoms. The van der Waals surface area contributed by atoms with Crippen LogP contribution >= 0.6 is 35.6 Å². The fourth-order valence-corrected chi connectivity index (χ4v) is 3.07. The van der Waals surface area contributed by atoms with E-state index >= 15 is 0 Å². The van der Waals surface area contributed by atoms with E-state index in [0.717, 1.165) is 25.3 Å². The van der Waals surface area contributed by atoms with Crippen LogP contribution in [0.25, 0.3) is 0 Å². The highest BCUT2D eigenvalue weighted by molar-refractivity contribution is 14.0. The molecule has 0 aliphatic carbocycles. The Bertz CT molecular complexity index is 742. The predicted octanol–water partition coefficient (Wildman–Crippen LogP) is 1.92. The third kappa shape index (κ3) is 5.85. The van der Waals surface area contributed by atoms with Gasteiger partial charge in [0, 0.05) is 45.2 Å². The van der Waals surface area contributed by atoms with Gasteiger partial charge in [0.15, 0.2) is 15.8 Å². The number of nitrogens with one attached hydrogen (secondary N) is 2. The highest BCUT2D eigenvalue weighted by Crippen LogP contribution is 2.25. The molecule has 1 atom stereocenters. The molecule has 2 heterocycles. The monoisotopic (exact) mass is 515 g/mol.